The van der Waals surface area contributed by atoms with E-state index in [0.29, 0.717) is 6.54 Å². The van der Waals surface area contributed by atoms with Crippen molar-refractivity contribution in [3.63, 3.8) is 0 Å². The van der Waals surface area contributed by atoms with Crippen LogP contribution in [0.1, 0.15) is 33.3 Å². The molecular weight excluding hydrogens is 268 g/mol. The third-order valence-corrected chi connectivity index (χ3v) is 2.68. The van der Waals surface area contributed by atoms with Crippen molar-refractivity contribution in [3.8, 4) is 0 Å². The van der Waals surface area contributed by atoms with E-state index in [1.807, 2.05) is 30.3 Å². The number of hydrogen-bond acceptors (Lipinski definition) is 3. The topological polar surface area (TPSA) is 67.4 Å². The SMILES string of the molecule is C[C@H](NC(=O)OC(C)(C)C)C(=O)NCCc1ccccc1. The molecule has 0 aromatic heterocycles. The fourth-order valence-electron chi connectivity index (χ4n) is 1.68. The molecule has 21 heavy (non-hydrogen) atoms. The number of hydrogen-bond donors (Lipinski definition) is 2. The van der Waals surface area contributed by atoms with Crippen molar-refractivity contribution < 1.29 is 14.3 Å². The average molecular weight is 292 g/mol. The minimum atomic E-state index is -0.629. The van der Waals surface area contributed by atoms with Crippen LogP contribution in [0.3, 0.4) is 0 Å². The Kier molecular flexibility index (Phi) is 6.21. The van der Waals surface area contributed by atoms with Crippen molar-refractivity contribution in [1.82, 2.24) is 10.6 Å². The Balaban J connectivity index is 2.29. The summed E-state index contributed by atoms with van der Waals surface area (Å²) in [6.07, 6.45) is 0.166. The molecule has 0 saturated carbocycles. The molecule has 0 heterocycles. The van der Waals surface area contributed by atoms with E-state index in [0.717, 1.165) is 12.0 Å². The van der Waals surface area contributed by atoms with Gasteiger partial charge in [-0.3, -0.25) is 4.79 Å². The normalized spacial score (nSPS) is 12.4. The fourth-order valence-corrected chi connectivity index (χ4v) is 1.68. The van der Waals surface area contributed by atoms with E-state index in [-0.39, 0.29) is 5.91 Å². The van der Waals surface area contributed by atoms with Gasteiger partial charge in [0.2, 0.25) is 5.91 Å². The van der Waals surface area contributed by atoms with Crippen molar-refractivity contribution in [2.45, 2.75) is 45.8 Å². The third kappa shape index (κ3) is 7.34. The highest BCUT2D eigenvalue weighted by Crippen LogP contribution is 2.06. The standard InChI is InChI=1S/C16H24N2O3/c1-12(18-15(20)21-16(2,3)4)14(19)17-11-10-13-8-6-5-7-9-13/h5-9,12H,10-11H2,1-4H3,(H,17,19)(H,18,20)/t12-/m0/s1. The van der Waals surface area contributed by atoms with Crippen LogP contribution in [0.15, 0.2) is 30.3 Å². The van der Waals surface area contributed by atoms with Crippen LogP contribution < -0.4 is 10.6 Å². The molecule has 0 radical (unpaired) electrons. The highest BCUT2D eigenvalue weighted by Gasteiger charge is 2.20. The Morgan fingerprint density at radius 2 is 1.81 bits per heavy atom. The molecular formula is C16H24N2O3. The molecule has 1 aromatic carbocycles. The summed E-state index contributed by atoms with van der Waals surface area (Å²) >= 11 is 0. The summed E-state index contributed by atoms with van der Waals surface area (Å²) in [6, 6.07) is 9.27. The second-order valence-corrected chi connectivity index (χ2v) is 5.89. The van der Waals surface area contributed by atoms with E-state index in [1.165, 1.54) is 0 Å². The van der Waals surface area contributed by atoms with E-state index >= 15 is 0 Å². The lowest BCUT2D eigenvalue weighted by molar-refractivity contribution is -0.122. The summed E-state index contributed by atoms with van der Waals surface area (Å²) in [5.74, 6) is -0.225. The number of ether oxygens (including phenoxy) is 1. The Bertz CT molecular complexity index is 466. The molecule has 1 rings (SSSR count). The molecule has 0 bridgehead atoms. The summed E-state index contributed by atoms with van der Waals surface area (Å²) in [6.45, 7) is 7.48. The largest absolute Gasteiger partial charge is 0.444 e. The van der Waals surface area contributed by atoms with Gasteiger partial charge in [-0.25, -0.2) is 4.79 Å². The zero-order chi connectivity index (χ0) is 15.9. The Morgan fingerprint density at radius 3 is 2.38 bits per heavy atom. The molecule has 0 aliphatic rings. The molecule has 5 nitrogen and oxygen atoms in total. The number of nitrogens with one attached hydrogen (secondary N) is 2. The maximum absolute atomic E-state index is 11.9. The minimum Gasteiger partial charge on any atom is -0.444 e. The van der Waals surface area contributed by atoms with Gasteiger partial charge in [0.25, 0.3) is 0 Å². The van der Waals surface area contributed by atoms with Crippen LogP contribution in [0.25, 0.3) is 0 Å². The molecule has 1 aromatic rings. The van der Waals surface area contributed by atoms with Crippen LogP contribution in [0, 0.1) is 0 Å². The summed E-state index contributed by atoms with van der Waals surface area (Å²) < 4.78 is 5.10. The van der Waals surface area contributed by atoms with Gasteiger partial charge in [-0.1, -0.05) is 30.3 Å². The molecule has 0 aliphatic heterocycles. The van der Waals surface area contributed by atoms with Gasteiger partial charge in [0.1, 0.15) is 11.6 Å². The van der Waals surface area contributed by atoms with Crippen molar-refractivity contribution in [3.05, 3.63) is 35.9 Å². The van der Waals surface area contributed by atoms with Crippen LogP contribution in [0.4, 0.5) is 4.79 Å². The number of rotatable bonds is 5. The Hall–Kier alpha value is -2.04. The number of carbonyl (C=O) groups excluding carboxylic acids is 2. The van der Waals surface area contributed by atoms with Gasteiger partial charge in [-0.15, -0.1) is 0 Å². The van der Waals surface area contributed by atoms with Crippen LogP contribution >= 0.6 is 0 Å². The first-order valence-electron chi connectivity index (χ1n) is 7.09. The third-order valence-electron chi connectivity index (χ3n) is 2.68. The van der Waals surface area contributed by atoms with Crippen molar-refractivity contribution in [2.24, 2.45) is 0 Å². The molecule has 2 amide bonds. The molecule has 2 N–H and O–H groups in total. The van der Waals surface area contributed by atoms with Gasteiger partial charge in [-0.2, -0.15) is 0 Å². The number of alkyl carbamates (subject to hydrolysis) is 1. The van der Waals surface area contributed by atoms with Crippen LogP contribution in [-0.2, 0) is 16.0 Å². The lowest BCUT2D eigenvalue weighted by Gasteiger charge is -2.21. The van der Waals surface area contributed by atoms with E-state index in [1.54, 1.807) is 27.7 Å². The van der Waals surface area contributed by atoms with Crippen molar-refractivity contribution >= 4 is 12.0 Å². The number of carbonyl (C=O) groups is 2. The van der Waals surface area contributed by atoms with Gasteiger partial charge in [0.05, 0.1) is 0 Å². The highest BCUT2D eigenvalue weighted by molar-refractivity contribution is 5.85. The average Bonchev–Trinajstić information content (AvgIpc) is 2.37. The summed E-state index contributed by atoms with van der Waals surface area (Å²) in [5, 5.41) is 5.30. The maximum atomic E-state index is 11.9. The predicted molar refractivity (Wildman–Crippen MR) is 82.0 cm³/mol. The monoisotopic (exact) mass is 292 g/mol. The molecule has 0 fully saturated rings. The predicted octanol–water partition coefficient (Wildman–Crippen LogP) is 2.26. The fraction of sp³-hybridized carbons (Fsp3) is 0.500. The first-order chi connectivity index (χ1) is 9.78. The lowest BCUT2D eigenvalue weighted by atomic mass is 10.1. The second kappa shape index (κ2) is 7.67. The lowest BCUT2D eigenvalue weighted by Crippen LogP contribution is -2.46. The van der Waals surface area contributed by atoms with E-state index in [2.05, 4.69) is 10.6 Å². The zero-order valence-corrected chi connectivity index (χ0v) is 13.1. The van der Waals surface area contributed by atoms with E-state index < -0.39 is 17.7 Å². The summed E-state index contributed by atoms with van der Waals surface area (Å²) in [7, 11) is 0. The van der Waals surface area contributed by atoms with E-state index in [4.69, 9.17) is 4.74 Å². The molecule has 1 atom stereocenters. The van der Waals surface area contributed by atoms with Crippen molar-refractivity contribution in [1.29, 1.82) is 0 Å². The first kappa shape index (κ1) is 17.0. The molecule has 0 aliphatic carbocycles. The van der Waals surface area contributed by atoms with Gasteiger partial charge < -0.3 is 15.4 Å². The van der Waals surface area contributed by atoms with Gasteiger partial charge in [0.15, 0.2) is 0 Å². The summed E-state index contributed by atoms with van der Waals surface area (Å²) in [5.41, 5.74) is 0.582. The molecule has 0 saturated heterocycles. The smallest absolute Gasteiger partial charge is 0.408 e. The van der Waals surface area contributed by atoms with Gasteiger partial charge >= 0.3 is 6.09 Å². The van der Waals surface area contributed by atoms with Crippen molar-refractivity contribution in [2.75, 3.05) is 6.54 Å². The number of benzene rings is 1. The van der Waals surface area contributed by atoms with Crippen LogP contribution in [-0.4, -0.2) is 30.2 Å². The van der Waals surface area contributed by atoms with Crippen LogP contribution in [0.5, 0.6) is 0 Å². The minimum absolute atomic E-state index is 0.225. The molecule has 5 heteroatoms. The quantitative estimate of drug-likeness (QED) is 0.874. The second-order valence-electron chi connectivity index (χ2n) is 5.89. The summed E-state index contributed by atoms with van der Waals surface area (Å²) in [4.78, 5) is 23.4. The maximum Gasteiger partial charge on any atom is 0.408 e. The zero-order valence-electron chi connectivity index (χ0n) is 13.1. The van der Waals surface area contributed by atoms with Gasteiger partial charge in [0, 0.05) is 6.54 Å². The molecule has 0 unspecified atom stereocenters. The number of amides is 2. The Labute approximate surface area is 126 Å². The Morgan fingerprint density at radius 1 is 1.19 bits per heavy atom. The first-order valence-corrected chi connectivity index (χ1v) is 7.09. The molecule has 0 spiro atoms. The molecule has 116 valence electrons. The highest BCUT2D eigenvalue weighted by atomic mass is 16.6. The van der Waals surface area contributed by atoms with Gasteiger partial charge in [-0.05, 0) is 39.7 Å². The van der Waals surface area contributed by atoms with Crippen LogP contribution in [0.2, 0.25) is 0 Å². The van der Waals surface area contributed by atoms with E-state index in [9.17, 15) is 9.59 Å².